The Hall–Kier alpha value is -0.910. The van der Waals surface area contributed by atoms with E-state index >= 15 is 0 Å². The molecule has 17 heavy (non-hydrogen) atoms. The second-order valence-electron chi connectivity index (χ2n) is 4.16. The van der Waals surface area contributed by atoms with E-state index in [1.807, 2.05) is 20.8 Å². The van der Waals surface area contributed by atoms with Crippen LogP contribution in [0.3, 0.4) is 0 Å². The van der Waals surface area contributed by atoms with Crippen LogP contribution in [0, 0.1) is 13.8 Å². The van der Waals surface area contributed by atoms with Gasteiger partial charge >= 0.3 is 0 Å². The number of aliphatic hydroxyl groups excluding tert-OH is 1. The maximum absolute atomic E-state index is 12.0. The highest BCUT2D eigenvalue weighted by atomic mass is 32.2. The second kappa shape index (κ2) is 5.62. The third kappa shape index (κ3) is 3.52. The second-order valence-corrected chi connectivity index (χ2v) is 5.87. The summed E-state index contributed by atoms with van der Waals surface area (Å²) in [5.41, 5.74) is 1.99. The van der Waals surface area contributed by atoms with Crippen molar-refractivity contribution in [2.45, 2.75) is 38.1 Å². The number of sulfonamides is 1. The molecular weight excluding hydrogens is 238 g/mol. The van der Waals surface area contributed by atoms with E-state index in [9.17, 15) is 8.42 Å². The molecule has 0 saturated heterocycles. The summed E-state index contributed by atoms with van der Waals surface area (Å²) in [7, 11) is -3.53. The smallest absolute Gasteiger partial charge is 0.240 e. The van der Waals surface area contributed by atoms with Crippen LogP contribution >= 0.6 is 0 Å². The molecule has 1 aromatic carbocycles. The van der Waals surface area contributed by atoms with Crippen molar-refractivity contribution in [2.75, 3.05) is 6.61 Å². The molecule has 0 aliphatic carbocycles. The maximum atomic E-state index is 12.0. The summed E-state index contributed by atoms with van der Waals surface area (Å²) in [6, 6.07) is 4.57. The van der Waals surface area contributed by atoms with Gasteiger partial charge in [0.2, 0.25) is 10.0 Å². The summed E-state index contributed by atoms with van der Waals surface area (Å²) in [5.74, 6) is 0. The highest BCUT2D eigenvalue weighted by Gasteiger charge is 2.18. The SMILES string of the molecule is CC[C@@H](CO)NS(=O)(=O)c1ccc(C)c(C)c1. The fourth-order valence-electron chi connectivity index (χ4n) is 1.42. The Morgan fingerprint density at radius 3 is 2.41 bits per heavy atom. The molecule has 0 bridgehead atoms. The van der Waals surface area contributed by atoms with E-state index in [4.69, 9.17) is 5.11 Å². The minimum Gasteiger partial charge on any atom is -0.395 e. The van der Waals surface area contributed by atoms with Crippen LogP contribution in [0.5, 0.6) is 0 Å². The lowest BCUT2D eigenvalue weighted by atomic mass is 10.1. The Labute approximate surface area is 103 Å². The third-order valence-corrected chi connectivity index (χ3v) is 4.34. The van der Waals surface area contributed by atoms with Crippen LogP contribution in [-0.4, -0.2) is 26.2 Å². The first-order chi connectivity index (χ1) is 7.90. The van der Waals surface area contributed by atoms with Gasteiger partial charge in [-0.15, -0.1) is 0 Å². The van der Waals surface area contributed by atoms with Gasteiger partial charge in [-0.05, 0) is 43.5 Å². The lowest BCUT2D eigenvalue weighted by molar-refractivity contribution is 0.254. The normalized spacial score (nSPS) is 13.6. The number of hydrogen-bond donors (Lipinski definition) is 2. The fraction of sp³-hybridized carbons (Fsp3) is 0.500. The molecule has 1 atom stereocenters. The van der Waals surface area contributed by atoms with Crippen molar-refractivity contribution in [1.29, 1.82) is 0 Å². The van der Waals surface area contributed by atoms with Gasteiger partial charge in [-0.1, -0.05) is 13.0 Å². The van der Waals surface area contributed by atoms with Crippen molar-refractivity contribution in [1.82, 2.24) is 4.72 Å². The van der Waals surface area contributed by atoms with Gasteiger partial charge in [0.05, 0.1) is 11.5 Å². The highest BCUT2D eigenvalue weighted by molar-refractivity contribution is 7.89. The molecule has 0 aliphatic heterocycles. The third-order valence-electron chi connectivity index (χ3n) is 2.82. The van der Waals surface area contributed by atoms with E-state index in [1.165, 1.54) is 0 Å². The lowest BCUT2D eigenvalue weighted by Gasteiger charge is -2.15. The number of nitrogens with one attached hydrogen (secondary N) is 1. The predicted octanol–water partition coefficient (Wildman–Crippen LogP) is 1.35. The molecule has 0 amide bonds. The van der Waals surface area contributed by atoms with Crippen LogP contribution in [-0.2, 0) is 10.0 Å². The zero-order chi connectivity index (χ0) is 13.1. The van der Waals surface area contributed by atoms with Crippen LogP contribution in [0.15, 0.2) is 23.1 Å². The first-order valence-corrected chi connectivity index (χ1v) is 7.09. The molecule has 1 rings (SSSR count). The molecule has 0 radical (unpaired) electrons. The number of aryl methyl sites for hydroxylation is 2. The van der Waals surface area contributed by atoms with Crippen molar-refractivity contribution in [2.24, 2.45) is 0 Å². The van der Waals surface area contributed by atoms with Crippen LogP contribution in [0.25, 0.3) is 0 Å². The average Bonchev–Trinajstić information content (AvgIpc) is 2.29. The summed E-state index contributed by atoms with van der Waals surface area (Å²) in [5, 5.41) is 9.01. The Kier molecular flexibility index (Phi) is 4.68. The van der Waals surface area contributed by atoms with Crippen LogP contribution in [0.4, 0.5) is 0 Å². The molecule has 5 heteroatoms. The van der Waals surface area contributed by atoms with E-state index in [0.29, 0.717) is 6.42 Å². The average molecular weight is 257 g/mol. The minimum atomic E-state index is -3.53. The fourth-order valence-corrected chi connectivity index (χ4v) is 2.81. The number of rotatable bonds is 5. The Bertz CT molecular complexity index is 479. The predicted molar refractivity (Wildman–Crippen MR) is 67.4 cm³/mol. The Morgan fingerprint density at radius 1 is 1.29 bits per heavy atom. The molecule has 2 N–H and O–H groups in total. The molecule has 0 fully saturated rings. The summed E-state index contributed by atoms with van der Waals surface area (Å²) >= 11 is 0. The first-order valence-electron chi connectivity index (χ1n) is 5.61. The van der Waals surface area contributed by atoms with Gasteiger partial charge in [0, 0.05) is 6.04 Å². The van der Waals surface area contributed by atoms with Gasteiger partial charge in [0.1, 0.15) is 0 Å². The van der Waals surface area contributed by atoms with Crippen molar-refractivity contribution in [3.05, 3.63) is 29.3 Å². The molecule has 0 saturated carbocycles. The summed E-state index contributed by atoms with van der Waals surface area (Å²) in [6.07, 6.45) is 0.556. The molecule has 0 heterocycles. The molecule has 4 nitrogen and oxygen atoms in total. The van der Waals surface area contributed by atoms with Crippen molar-refractivity contribution < 1.29 is 13.5 Å². The van der Waals surface area contributed by atoms with Gasteiger partial charge in [-0.25, -0.2) is 13.1 Å². The monoisotopic (exact) mass is 257 g/mol. The van der Waals surface area contributed by atoms with E-state index in [0.717, 1.165) is 11.1 Å². The summed E-state index contributed by atoms with van der Waals surface area (Å²) in [6.45, 7) is 5.43. The lowest BCUT2D eigenvalue weighted by Crippen LogP contribution is -2.36. The largest absolute Gasteiger partial charge is 0.395 e. The molecule has 0 aromatic heterocycles. The van der Waals surface area contributed by atoms with E-state index in [1.54, 1.807) is 18.2 Å². The van der Waals surface area contributed by atoms with Gasteiger partial charge in [0.25, 0.3) is 0 Å². The maximum Gasteiger partial charge on any atom is 0.240 e. The summed E-state index contributed by atoms with van der Waals surface area (Å²) < 4.78 is 26.5. The quantitative estimate of drug-likeness (QED) is 0.837. The van der Waals surface area contributed by atoms with E-state index in [2.05, 4.69) is 4.72 Å². The number of hydrogen-bond acceptors (Lipinski definition) is 3. The van der Waals surface area contributed by atoms with Crippen LogP contribution in [0.2, 0.25) is 0 Å². The molecule has 0 spiro atoms. The topological polar surface area (TPSA) is 66.4 Å². The Morgan fingerprint density at radius 2 is 1.94 bits per heavy atom. The van der Waals surface area contributed by atoms with Crippen molar-refractivity contribution in [3.8, 4) is 0 Å². The number of benzene rings is 1. The van der Waals surface area contributed by atoms with Crippen LogP contribution < -0.4 is 4.72 Å². The van der Waals surface area contributed by atoms with Gasteiger partial charge in [0.15, 0.2) is 0 Å². The molecule has 0 unspecified atom stereocenters. The van der Waals surface area contributed by atoms with Gasteiger partial charge < -0.3 is 5.11 Å². The molecule has 96 valence electrons. The number of aliphatic hydroxyl groups is 1. The molecule has 0 aliphatic rings. The molecular formula is C12H19NO3S. The van der Waals surface area contributed by atoms with E-state index in [-0.39, 0.29) is 11.5 Å². The van der Waals surface area contributed by atoms with Crippen LogP contribution in [0.1, 0.15) is 24.5 Å². The standard InChI is InChI=1S/C12H19NO3S/c1-4-11(8-14)13-17(15,16)12-6-5-9(2)10(3)7-12/h5-7,11,13-14H,4,8H2,1-3H3/t11-/m0/s1. The van der Waals surface area contributed by atoms with Crippen molar-refractivity contribution >= 4 is 10.0 Å². The first kappa shape index (κ1) is 14.2. The van der Waals surface area contributed by atoms with E-state index < -0.39 is 16.1 Å². The van der Waals surface area contributed by atoms with Gasteiger partial charge in [-0.2, -0.15) is 0 Å². The van der Waals surface area contributed by atoms with Crippen molar-refractivity contribution in [3.63, 3.8) is 0 Å². The minimum absolute atomic E-state index is 0.194. The summed E-state index contributed by atoms with van der Waals surface area (Å²) in [4.78, 5) is 0.243. The zero-order valence-corrected chi connectivity index (χ0v) is 11.2. The zero-order valence-electron chi connectivity index (χ0n) is 10.4. The highest BCUT2D eigenvalue weighted by Crippen LogP contribution is 2.15. The van der Waals surface area contributed by atoms with Gasteiger partial charge in [-0.3, -0.25) is 0 Å². The molecule has 1 aromatic rings. The Balaban J connectivity index is 3.01.